The molecule has 0 fully saturated rings. The summed E-state index contributed by atoms with van der Waals surface area (Å²) in [6.07, 6.45) is 2.56. The molecular formula is C13H26O5. The summed E-state index contributed by atoms with van der Waals surface area (Å²) in [6, 6.07) is 0. The van der Waals surface area contributed by atoms with Crippen LogP contribution >= 0.6 is 0 Å². The first-order valence-electron chi connectivity index (χ1n) is 6.45. The van der Waals surface area contributed by atoms with Crippen molar-refractivity contribution in [1.29, 1.82) is 0 Å². The first-order chi connectivity index (χ1) is 8.60. The van der Waals surface area contributed by atoms with Crippen LogP contribution in [0.3, 0.4) is 0 Å². The number of Topliss-reactive ketones (excluding diaryl/α,β-unsaturated/α-hetero) is 1. The van der Waals surface area contributed by atoms with E-state index in [2.05, 4.69) is 0 Å². The molecule has 5 nitrogen and oxygen atoms in total. The molecule has 0 bridgehead atoms. The van der Waals surface area contributed by atoms with Crippen LogP contribution in [0.2, 0.25) is 0 Å². The van der Waals surface area contributed by atoms with Gasteiger partial charge in [0, 0.05) is 27.1 Å². The highest BCUT2D eigenvalue weighted by atomic mass is 16.5. The fourth-order valence-corrected chi connectivity index (χ4v) is 1.75. The van der Waals surface area contributed by atoms with Crippen LogP contribution in [0, 0.1) is 0 Å². The van der Waals surface area contributed by atoms with E-state index < -0.39 is 12.2 Å². The quantitative estimate of drug-likeness (QED) is 0.547. The number of methoxy groups -OCH3 is 2. The second-order valence-electron chi connectivity index (χ2n) is 4.54. The highest BCUT2D eigenvalue weighted by Gasteiger charge is 2.08. The lowest BCUT2D eigenvalue weighted by atomic mass is 10.0. The Hall–Kier alpha value is -0.490. The molecule has 0 heterocycles. The average molecular weight is 262 g/mol. The Bertz CT molecular complexity index is 188. The zero-order valence-electron chi connectivity index (χ0n) is 11.4. The molecule has 5 heteroatoms. The third-order valence-electron chi connectivity index (χ3n) is 2.70. The summed E-state index contributed by atoms with van der Waals surface area (Å²) in [5, 5.41) is 18.8. The number of carbonyl (C=O) groups excluding carboxylic acids is 1. The third-order valence-corrected chi connectivity index (χ3v) is 2.70. The number of carbonyl (C=O) groups is 1. The zero-order valence-corrected chi connectivity index (χ0v) is 11.4. The molecule has 0 aromatic heterocycles. The lowest BCUT2D eigenvalue weighted by Gasteiger charge is -2.09. The van der Waals surface area contributed by atoms with Crippen molar-refractivity contribution in [3.63, 3.8) is 0 Å². The Morgan fingerprint density at radius 2 is 1.33 bits per heavy atom. The largest absolute Gasteiger partial charge is 0.391 e. The molecule has 2 unspecified atom stereocenters. The summed E-state index contributed by atoms with van der Waals surface area (Å²) in [5.74, 6) is 0.184. The first-order valence-corrected chi connectivity index (χ1v) is 6.45. The van der Waals surface area contributed by atoms with Gasteiger partial charge in [-0.15, -0.1) is 0 Å². The predicted octanol–water partition coefficient (Wildman–Crippen LogP) is 0.911. The fraction of sp³-hybridized carbons (Fsp3) is 0.923. The maximum absolute atomic E-state index is 11.5. The number of aliphatic hydroxyl groups is 2. The van der Waals surface area contributed by atoms with Gasteiger partial charge in [-0.3, -0.25) is 4.79 Å². The molecule has 0 aliphatic carbocycles. The van der Waals surface area contributed by atoms with Crippen molar-refractivity contribution in [1.82, 2.24) is 0 Å². The van der Waals surface area contributed by atoms with E-state index in [1.54, 1.807) is 14.2 Å². The molecule has 0 saturated heterocycles. The summed E-state index contributed by atoms with van der Waals surface area (Å²) < 4.78 is 9.60. The van der Waals surface area contributed by atoms with Crippen LogP contribution in [0.15, 0.2) is 0 Å². The number of ether oxygens (including phenoxy) is 2. The van der Waals surface area contributed by atoms with Gasteiger partial charge >= 0.3 is 0 Å². The van der Waals surface area contributed by atoms with Crippen LogP contribution in [-0.4, -0.2) is 55.6 Å². The molecule has 108 valence electrons. The van der Waals surface area contributed by atoms with Crippen molar-refractivity contribution in [3.8, 4) is 0 Å². The van der Waals surface area contributed by atoms with Crippen LogP contribution in [0.25, 0.3) is 0 Å². The lowest BCUT2D eigenvalue weighted by molar-refractivity contribution is -0.119. The van der Waals surface area contributed by atoms with Gasteiger partial charge in [0.25, 0.3) is 0 Å². The minimum Gasteiger partial charge on any atom is -0.391 e. The summed E-state index contributed by atoms with van der Waals surface area (Å²) in [7, 11) is 3.08. The SMILES string of the molecule is COCC(O)CCCC(=O)CCCC(O)COC. The number of ketones is 1. The maximum atomic E-state index is 11.5. The van der Waals surface area contributed by atoms with E-state index in [0.29, 0.717) is 51.7 Å². The topological polar surface area (TPSA) is 76.0 Å². The minimum absolute atomic E-state index is 0.184. The van der Waals surface area contributed by atoms with E-state index in [4.69, 9.17) is 9.47 Å². The van der Waals surface area contributed by atoms with Crippen LogP contribution in [0.4, 0.5) is 0 Å². The zero-order chi connectivity index (χ0) is 13.8. The number of aliphatic hydroxyl groups excluding tert-OH is 2. The summed E-state index contributed by atoms with van der Waals surface area (Å²) in [4.78, 5) is 11.5. The van der Waals surface area contributed by atoms with E-state index in [9.17, 15) is 15.0 Å². The van der Waals surface area contributed by atoms with E-state index in [1.165, 1.54) is 0 Å². The van der Waals surface area contributed by atoms with Gasteiger partial charge in [0.05, 0.1) is 25.4 Å². The van der Waals surface area contributed by atoms with Crippen molar-refractivity contribution in [2.24, 2.45) is 0 Å². The Morgan fingerprint density at radius 1 is 0.944 bits per heavy atom. The van der Waals surface area contributed by atoms with Crippen molar-refractivity contribution in [2.45, 2.75) is 50.7 Å². The van der Waals surface area contributed by atoms with Crippen LogP contribution in [0.5, 0.6) is 0 Å². The van der Waals surface area contributed by atoms with Gasteiger partial charge < -0.3 is 19.7 Å². The second kappa shape index (κ2) is 11.6. The standard InChI is InChI=1S/C13H26O5/c1-17-9-12(15)7-3-5-11(14)6-4-8-13(16)10-18-2/h12-13,15-16H,3-10H2,1-2H3. The Balaban J connectivity index is 3.43. The highest BCUT2D eigenvalue weighted by Crippen LogP contribution is 2.07. The molecule has 0 spiro atoms. The van der Waals surface area contributed by atoms with Crippen molar-refractivity contribution in [2.75, 3.05) is 27.4 Å². The molecule has 0 aliphatic rings. The number of hydrogen-bond acceptors (Lipinski definition) is 5. The first kappa shape index (κ1) is 17.5. The summed E-state index contributed by atoms with van der Waals surface area (Å²) in [5.41, 5.74) is 0. The number of hydrogen-bond donors (Lipinski definition) is 2. The van der Waals surface area contributed by atoms with Gasteiger partial charge in [-0.25, -0.2) is 0 Å². The Kier molecular flexibility index (Phi) is 11.3. The van der Waals surface area contributed by atoms with Crippen LogP contribution in [0.1, 0.15) is 38.5 Å². The molecule has 0 aliphatic heterocycles. The van der Waals surface area contributed by atoms with Gasteiger partial charge in [-0.1, -0.05) is 0 Å². The van der Waals surface area contributed by atoms with E-state index in [1.807, 2.05) is 0 Å². The molecule has 0 rings (SSSR count). The minimum atomic E-state index is -0.480. The molecular weight excluding hydrogens is 236 g/mol. The van der Waals surface area contributed by atoms with Crippen molar-refractivity contribution >= 4 is 5.78 Å². The van der Waals surface area contributed by atoms with E-state index in [-0.39, 0.29) is 5.78 Å². The lowest BCUT2D eigenvalue weighted by Crippen LogP contribution is -2.15. The Morgan fingerprint density at radius 3 is 1.67 bits per heavy atom. The van der Waals surface area contributed by atoms with Gasteiger partial charge in [0.2, 0.25) is 0 Å². The molecule has 18 heavy (non-hydrogen) atoms. The smallest absolute Gasteiger partial charge is 0.132 e. The molecule has 0 amide bonds. The van der Waals surface area contributed by atoms with Crippen molar-refractivity contribution < 1.29 is 24.5 Å². The average Bonchev–Trinajstić information content (AvgIpc) is 2.29. The third kappa shape index (κ3) is 10.7. The molecule has 2 N–H and O–H groups in total. The fourth-order valence-electron chi connectivity index (χ4n) is 1.75. The molecule has 2 atom stereocenters. The highest BCUT2D eigenvalue weighted by molar-refractivity contribution is 5.78. The molecule has 0 radical (unpaired) electrons. The van der Waals surface area contributed by atoms with Gasteiger partial charge in [0.1, 0.15) is 5.78 Å². The molecule has 0 aromatic carbocycles. The predicted molar refractivity (Wildman–Crippen MR) is 68.5 cm³/mol. The normalized spacial score (nSPS) is 14.4. The summed E-state index contributed by atoms with van der Waals surface area (Å²) in [6.45, 7) is 0.634. The van der Waals surface area contributed by atoms with E-state index in [0.717, 1.165) is 0 Å². The van der Waals surface area contributed by atoms with Crippen LogP contribution < -0.4 is 0 Å². The molecule has 0 saturated carbocycles. The van der Waals surface area contributed by atoms with Gasteiger partial charge in [0.15, 0.2) is 0 Å². The number of rotatable bonds is 12. The second-order valence-corrected chi connectivity index (χ2v) is 4.54. The van der Waals surface area contributed by atoms with Gasteiger partial charge in [-0.2, -0.15) is 0 Å². The van der Waals surface area contributed by atoms with E-state index >= 15 is 0 Å². The Labute approximate surface area is 109 Å². The molecule has 0 aromatic rings. The van der Waals surface area contributed by atoms with Gasteiger partial charge in [-0.05, 0) is 25.7 Å². The summed E-state index contributed by atoms with van der Waals surface area (Å²) >= 11 is 0. The van der Waals surface area contributed by atoms with Crippen molar-refractivity contribution in [3.05, 3.63) is 0 Å². The monoisotopic (exact) mass is 262 g/mol. The maximum Gasteiger partial charge on any atom is 0.132 e. The van der Waals surface area contributed by atoms with Crippen LogP contribution in [-0.2, 0) is 14.3 Å².